The van der Waals surface area contributed by atoms with Gasteiger partial charge in [0.15, 0.2) is 0 Å². The van der Waals surface area contributed by atoms with E-state index in [1.165, 1.54) is 6.21 Å². The molecule has 9 heteroatoms. The fourth-order valence-corrected chi connectivity index (χ4v) is 3.69. The lowest BCUT2D eigenvalue weighted by Crippen LogP contribution is -2.18. The fourth-order valence-electron chi connectivity index (χ4n) is 3.05. The van der Waals surface area contributed by atoms with Crippen LogP contribution < -0.4 is 15.5 Å². The summed E-state index contributed by atoms with van der Waals surface area (Å²) in [5.41, 5.74) is 5.57. The van der Waals surface area contributed by atoms with Gasteiger partial charge in [0, 0.05) is 39.2 Å². The summed E-state index contributed by atoms with van der Waals surface area (Å²) in [4.78, 5) is 24.1. The van der Waals surface area contributed by atoms with Crippen LogP contribution in [0.1, 0.15) is 36.0 Å². The molecule has 0 aromatic heterocycles. The molecule has 0 saturated carbocycles. The van der Waals surface area contributed by atoms with E-state index in [9.17, 15) is 9.59 Å². The first-order valence-electron chi connectivity index (χ1n) is 10.9. The van der Waals surface area contributed by atoms with E-state index in [1.54, 1.807) is 42.5 Å². The van der Waals surface area contributed by atoms with Gasteiger partial charge < -0.3 is 10.1 Å². The van der Waals surface area contributed by atoms with Crippen LogP contribution in [0.3, 0.4) is 0 Å². The number of hydrogen-bond acceptors (Lipinski definition) is 4. The monoisotopic (exact) mass is 531 g/mol. The van der Waals surface area contributed by atoms with Crippen molar-refractivity contribution in [2.45, 2.75) is 32.8 Å². The molecular formula is C26H24Cl3N3O3. The lowest BCUT2D eigenvalue weighted by molar-refractivity contribution is -0.121. The second-order valence-corrected chi connectivity index (χ2v) is 8.95. The van der Waals surface area contributed by atoms with Crippen LogP contribution in [0.5, 0.6) is 5.75 Å². The van der Waals surface area contributed by atoms with Crippen molar-refractivity contribution >= 4 is 58.5 Å². The van der Waals surface area contributed by atoms with Gasteiger partial charge in [-0.3, -0.25) is 9.59 Å². The Morgan fingerprint density at radius 2 is 1.69 bits per heavy atom. The van der Waals surface area contributed by atoms with Gasteiger partial charge in [0.1, 0.15) is 12.4 Å². The molecular weight excluding hydrogens is 509 g/mol. The predicted octanol–water partition coefficient (Wildman–Crippen LogP) is 6.79. The fraction of sp³-hybridized carbons (Fsp3) is 0.192. The second kappa shape index (κ2) is 13.1. The summed E-state index contributed by atoms with van der Waals surface area (Å²) < 4.78 is 5.74. The molecule has 2 N–H and O–H groups in total. The van der Waals surface area contributed by atoms with Gasteiger partial charge in [-0.25, -0.2) is 5.43 Å². The quantitative estimate of drug-likeness (QED) is 0.223. The first-order valence-corrected chi connectivity index (χ1v) is 12.0. The highest BCUT2D eigenvalue weighted by Crippen LogP contribution is 2.24. The van der Waals surface area contributed by atoms with Crippen LogP contribution in [0.15, 0.2) is 65.8 Å². The number of amides is 2. The molecule has 0 fully saturated rings. The largest absolute Gasteiger partial charge is 0.489 e. The minimum atomic E-state index is -0.271. The number of halogens is 3. The van der Waals surface area contributed by atoms with Crippen LogP contribution in [0, 0.1) is 6.92 Å². The van der Waals surface area contributed by atoms with Crippen LogP contribution in [0.4, 0.5) is 5.69 Å². The van der Waals surface area contributed by atoms with E-state index in [-0.39, 0.29) is 24.7 Å². The highest BCUT2D eigenvalue weighted by Gasteiger charge is 2.08. The van der Waals surface area contributed by atoms with Crippen molar-refractivity contribution in [3.63, 3.8) is 0 Å². The Morgan fingerprint density at radius 3 is 2.43 bits per heavy atom. The Hall–Kier alpha value is -3.06. The van der Waals surface area contributed by atoms with Crippen molar-refractivity contribution in [3.05, 3.63) is 92.4 Å². The molecule has 3 aromatic rings. The standard InChI is InChI=1S/C26H24Cl3N3O3/c1-17-22(28)4-2-5-24(17)31-25(33)6-3-7-26(34)32-30-15-18-8-12-21(13-9-18)35-16-19-10-11-20(27)14-23(19)29/h2,4-5,8-15H,3,6-7,16H2,1H3,(H,31,33)(H,32,34)/b30-15-. The van der Waals surface area contributed by atoms with E-state index >= 15 is 0 Å². The average molecular weight is 533 g/mol. The number of nitrogens with one attached hydrogen (secondary N) is 2. The minimum absolute atomic E-state index is 0.174. The first kappa shape index (κ1) is 26.5. The van der Waals surface area contributed by atoms with Gasteiger partial charge in [-0.05, 0) is 73.0 Å². The van der Waals surface area contributed by atoms with Gasteiger partial charge in [0.2, 0.25) is 11.8 Å². The Kier molecular flexibility index (Phi) is 9.97. The number of hydrazone groups is 1. The molecule has 0 aliphatic carbocycles. The maximum atomic E-state index is 12.1. The van der Waals surface area contributed by atoms with Crippen LogP contribution >= 0.6 is 34.8 Å². The maximum absolute atomic E-state index is 12.1. The Balaban J connectivity index is 1.36. The van der Waals surface area contributed by atoms with Crippen molar-refractivity contribution in [2.24, 2.45) is 5.10 Å². The molecule has 35 heavy (non-hydrogen) atoms. The van der Waals surface area contributed by atoms with Gasteiger partial charge in [0.05, 0.1) is 6.21 Å². The van der Waals surface area contributed by atoms with Gasteiger partial charge in [0.25, 0.3) is 0 Å². The van der Waals surface area contributed by atoms with Crippen molar-refractivity contribution in [1.82, 2.24) is 5.43 Å². The summed E-state index contributed by atoms with van der Waals surface area (Å²) in [5.74, 6) is 0.225. The van der Waals surface area contributed by atoms with Gasteiger partial charge in [-0.1, -0.05) is 46.9 Å². The number of ether oxygens (including phenoxy) is 1. The summed E-state index contributed by atoms with van der Waals surface area (Å²) >= 11 is 18.1. The molecule has 3 rings (SSSR count). The smallest absolute Gasteiger partial charge is 0.240 e. The van der Waals surface area contributed by atoms with Crippen molar-refractivity contribution < 1.29 is 14.3 Å². The normalized spacial score (nSPS) is 10.9. The minimum Gasteiger partial charge on any atom is -0.489 e. The zero-order valence-electron chi connectivity index (χ0n) is 19.0. The molecule has 182 valence electrons. The molecule has 2 amide bonds. The van der Waals surface area contributed by atoms with E-state index < -0.39 is 0 Å². The zero-order valence-corrected chi connectivity index (χ0v) is 21.3. The number of hydrogen-bond donors (Lipinski definition) is 2. The second-order valence-electron chi connectivity index (χ2n) is 7.70. The molecule has 0 aliphatic rings. The summed E-state index contributed by atoms with van der Waals surface area (Å²) in [5, 5.41) is 8.48. The van der Waals surface area contributed by atoms with E-state index in [0.717, 1.165) is 16.7 Å². The summed E-state index contributed by atoms with van der Waals surface area (Å²) in [6.45, 7) is 2.15. The molecule has 3 aromatic carbocycles. The highest BCUT2D eigenvalue weighted by atomic mass is 35.5. The van der Waals surface area contributed by atoms with Gasteiger partial charge in [-0.15, -0.1) is 0 Å². The van der Waals surface area contributed by atoms with Crippen LogP contribution in [-0.4, -0.2) is 18.0 Å². The molecule has 0 saturated heterocycles. The van der Waals surface area contributed by atoms with Crippen LogP contribution in [-0.2, 0) is 16.2 Å². The van der Waals surface area contributed by atoms with E-state index in [4.69, 9.17) is 39.5 Å². The van der Waals surface area contributed by atoms with E-state index in [1.807, 2.05) is 25.1 Å². The van der Waals surface area contributed by atoms with Crippen molar-refractivity contribution in [1.29, 1.82) is 0 Å². The predicted molar refractivity (Wildman–Crippen MR) is 142 cm³/mol. The van der Waals surface area contributed by atoms with Gasteiger partial charge >= 0.3 is 0 Å². The average Bonchev–Trinajstić information content (AvgIpc) is 2.82. The molecule has 6 nitrogen and oxygen atoms in total. The third kappa shape index (κ3) is 8.58. The Bertz CT molecular complexity index is 1210. The lowest BCUT2D eigenvalue weighted by Gasteiger charge is -2.09. The number of carbonyl (C=O) groups excluding carboxylic acids is 2. The number of rotatable bonds is 10. The van der Waals surface area contributed by atoms with Crippen molar-refractivity contribution in [2.75, 3.05) is 5.32 Å². The Labute approximate surface area is 219 Å². The molecule has 0 spiro atoms. The first-order chi connectivity index (χ1) is 16.8. The summed E-state index contributed by atoms with van der Waals surface area (Å²) in [7, 11) is 0. The highest BCUT2D eigenvalue weighted by molar-refractivity contribution is 6.35. The SMILES string of the molecule is Cc1c(Cl)cccc1NC(=O)CCCC(=O)N/N=C\c1ccc(OCc2ccc(Cl)cc2Cl)cc1. The topological polar surface area (TPSA) is 79.8 Å². The third-order valence-electron chi connectivity index (χ3n) is 5.04. The molecule has 0 bridgehead atoms. The summed E-state index contributed by atoms with van der Waals surface area (Å²) in [6.07, 6.45) is 2.33. The Morgan fingerprint density at radius 1 is 0.943 bits per heavy atom. The van der Waals surface area contributed by atoms with E-state index in [0.29, 0.717) is 39.5 Å². The molecule has 0 radical (unpaired) electrons. The third-order valence-corrected chi connectivity index (χ3v) is 6.04. The maximum Gasteiger partial charge on any atom is 0.240 e. The molecule has 0 aliphatic heterocycles. The summed E-state index contributed by atoms with van der Waals surface area (Å²) in [6, 6.07) is 17.8. The van der Waals surface area contributed by atoms with Crippen LogP contribution in [0.25, 0.3) is 0 Å². The van der Waals surface area contributed by atoms with Crippen LogP contribution in [0.2, 0.25) is 15.1 Å². The zero-order chi connectivity index (χ0) is 25.2. The van der Waals surface area contributed by atoms with Gasteiger partial charge in [-0.2, -0.15) is 5.10 Å². The van der Waals surface area contributed by atoms with E-state index in [2.05, 4.69) is 15.8 Å². The van der Waals surface area contributed by atoms with Crippen molar-refractivity contribution in [3.8, 4) is 5.75 Å². The number of carbonyl (C=O) groups is 2. The molecule has 0 heterocycles. The number of benzene rings is 3. The number of anilines is 1. The lowest BCUT2D eigenvalue weighted by atomic mass is 10.2. The molecule has 0 unspecified atom stereocenters. The molecule has 0 atom stereocenters. The number of nitrogens with zero attached hydrogens (tertiary/aromatic N) is 1.